The number of nitrogens with one attached hydrogen (secondary N) is 1. The summed E-state index contributed by atoms with van der Waals surface area (Å²) in [5, 5.41) is 2.06. The first-order valence-corrected chi connectivity index (χ1v) is 6.07. The Morgan fingerprint density at radius 1 is 1.71 bits per heavy atom. The van der Waals surface area contributed by atoms with Gasteiger partial charge in [-0.05, 0) is 34.3 Å². The third kappa shape index (κ3) is 3.03. The minimum absolute atomic E-state index is 0.106. The normalized spacial score (nSPS) is 15.4. The molecule has 0 saturated heterocycles. The van der Waals surface area contributed by atoms with Crippen molar-refractivity contribution < 1.29 is 4.74 Å². The molecule has 3 N–H and O–H groups in total. The summed E-state index contributed by atoms with van der Waals surface area (Å²) in [6, 6.07) is 2.19. The summed E-state index contributed by atoms with van der Waals surface area (Å²) in [6.45, 7) is 2.01. The van der Waals surface area contributed by atoms with E-state index in [1.165, 1.54) is 4.88 Å². The molecule has 1 aromatic heterocycles. The standard InChI is InChI=1S/C9H15BrN2OS/c1-6(13-2)8(12-11)5-9-7(10)3-4-14-9/h3-4,6,8,12H,5,11H2,1-2H3. The minimum atomic E-state index is 0.106. The zero-order valence-electron chi connectivity index (χ0n) is 8.29. The van der Waals surface area contributed by atoms with Crippen molar-refractivity contribution in [3.8, 4) is 0 Å². The van der Waals surface area contributed by atoms with Gasteiger partial charge in [0.25, 0.3) is 0 Å². The van der Waals surface area contributed by atoms with Gasteiger partial charge in [0.1, 0.15) is 0 Å². The molecule has 0 saturated carbocycles. The molecule has 0 radical (unpaired) electrons. The molecular weight excluding hydrogens is 264 g/mol. The summed E-state index contributed by atoms with van der Waals surface area (Å²) in [5.41, 5.74) is 2.78. The van der Waals surface area contributed by atoms with Crippen LogP contribution in [0.3, 0.4) is 0 Å². The van der Waals surface area contributed by atoms with Crippen molar-refractivity contribution in [1.82, 2.24) is 5.43 Å². The third-order valence-electron chi connectivity index (χ3n) is 2.25. The average molecular weight is 279 g/mol. The van der Waals surface area contributed by atoms with E-state index in [1.54, 1.807) is 18.4 Å². The molecule has 1 heterocycles. The summed E-state index contributed by atoms with van der Waals surface area (Å²) in [7, 11) is 1.69. The molecule has 5 heteroatoms. The van der Waals surface area contributed by atoms with Crippen molar-refractivity contribution in [3.63, 3.8) is 0 Å². The van der Waals surface area contributed by atoms with Crippen LogP contribution in [0.1, 0.15) is 11.8 Å². The first-order chi connectivity index (χ1) is 6.69. The van der Waals surface area contributed by atoms with Crippen molar-refractivity contribution in [2.45, 2.75) is 25.5 Å². The van der Waals surface area contributed by atoms with E-state index in [9.17, 15) is 0 Å². The first-order valence-electron chi connectivity index (χ1n) is 4.39. The molecule has 0 aliphatic carbocycles. The second-order valence-corrected chi connectivity index (χ2v) is 4.96. The van der Waals surface area contributed by atoms with Crippen LogP contribution in [0.2, 0.25) is 0 Å². The second-order valence-electron chi connectivity index (χ2n) is 3.11. The Kier molecular flexibility index (Phi) is 5.05. The number of thiophene rings is 1. The highest BCUT2D eigenvalue weighted by Gasteiger charge is 2.17. The molecule has 0 aliphatic heterocycles. The summed E-state index contributed by atoms with van der Waals surface area (Å²) < 4.78 is 6.38. The Morgan fingerprint density at radius 2 is 2.43 bits per heavy atom. The molecule has 0 amide bonds. The summed E-state index contributed by atoms with van der Waals surface area (Å²) in [4.78, 5) is 1.29. The van der Waals surface area contributed by atoms with E-state index in [4.69, 9.17) is 10.6 Å². The van der Waals surface area contributed by atoms with Crippen LogP contribution in [0.15, 0.2) is 15.9 Å². The van der Waals surface area contributed by atoms with Gasteiger partial charge in [0.15, 0.2) is 0 Å². The van der Waals surface area contributed by atoms with E-state index in [1.807, 2.05) is 13.0 Å². The highest BCUT2D eigenvalue weighted by atomic mass is 79.9. The molecule has 0 bridgehead atoms. The van der Waals surface area contributed by atoms with Gasteiger partial charge >= 0.3 is 0 Å². The Bertz CT molecular complexity index is 280. The van der Waals surface area contributed by atoms with Gasteiger partial charge in [0, 0.05) is 22.9 Å². The van der Waals surface area contributed by atoms with Crippen LogP contribution in [0.5, 0.6) is 0 Å². The van der Waals surface area contributed by atoms with E-state index in [0.717, 1.165) is 10.9 Å². The highest BCUT2D eigenvalue weighted by molar-refractivity contribution is 9.10. The number of halogens is 1. The molecule has 2 unspecified atom stereocenters. The monoisotopic (exact) mass is 278 g/mol. The second kappa shape index (κ2) is 5.82. The maximum Gasteiger partial charge on any atom is 0.0713 e. The fraction of sp³-hybridized carbons (Fsp3) is 0.556. The lowest BCUT2D eigenvalue weighted by atomic mass is 10.1. The molecule has 14 heavy (non-hydrogen) atoms. The fourth-order valence-corrected chi connectivity index (χ4v) is 2.77. The van der Waals surface area contributed by atoms with Gasteiger partial charge in [0.2, 0.25) is 0 Å². The van der Waals surface area contributed by atoms with E-state index in [-0.39, 0.29) is 12.1 Å². The van der Waals surface area contributed by atoms with Crippen molar-refractivity contribution in [3.05, 3.63) is 20.8 Å². The van der Waals surface area contributed by atoms with E-state index in [2.05, 4.69) is 26.7 Å². The quantitative estimate of drug-likeness (QED) is 0.639. The Hall–Kier alpha value is 0.0600. The zero-order chi connectivity index (χ0) is 10.6. The van der Waals surface area contributed by atoms with Gasteiger partial charge in [0.05, 0.1) is 12.1 Å². The van der Waals surface area contributed by atoms with E-state index >= 15 is 0 Å². The van der Waals surface area contributed by atoms with Crippen molar-refractivity contribution in [1.29, 1.82) is 0 Å². The maximum absolute atomic E-state index is 5.48. The predicted molar refractivity (Wildman–Crippen MR) is 63.3 cm³/mol. The molecule has 0 spiro atoms. The molecule has 0 fully saturated rings. The topological polar surface area (TPSA) is 47.3 Å². The highest BCUT2D eigenvalue weighted by Crippen LogP contribution is 2.24. The van der Waals surface area contributed by atoms with Crippen LogP contribution in [0.4, 0.5) is 0 Å². The van der Waals surface area contributed by atoms with Gasteiger partial charge in [-0.3, -0.25) is 11.3 Å². The van der Waals surface area contributed by atoms with Crippen LogP contribution in [-0.4, -0.2) is 19.3 Å². The van der Waals surface area contributed by atoms with Crippen LogP contribution >= 0.6 is 27.3 Å². The van der Waals surface area contributed by atoms with Crippen molar-refractivity contribution in [2.24, 2.45) is 5.84 Å². The number of nitrogens with two attached hydrogens (primary N) is 1. The lowest BCUT2D eigenvalue weighted by Gasteiger charge is -2.21. The van der Waals surface area contributed by atoms with Crippen LogP contribution in [-0.2, 0) is 11.2 Å². The lowest BCUT2D eigenvalue weighted by molar-refractivity contribution is 0.0833. The lowest BCUT2D eigenvalue weighted by Crippen LogP contribution is -2.44. The molecule has 0 aliphatic rings. The third-order valence-corrected chi connectivity index (χ3v) is 4.20. The number of hydrazine groups is 1. The molecule has 2 atom stereocenters. The van der Waals surface area contributed by atoms with Gasteiger partial charge in [-0.15, -0.1) is 11.3 Å². The SMILES string of the molecule is COC(C)C(Cc1sccc1Br)NN. The minimum Gasteiger partial charge on any atom is -0.380 e. The summed E-state index contributed by atoms with van der Waals surface area (Å²) in [5.74, 6) is 5.48. The molecule has 80 valence electrons. The van der Waals surface area contributed by atoms with Crippen LogP contribution < -0.4 is 11.3 Å². The number of hydrogen-bond acceptors (Lipinski definition) is 4. The summed E-state index contributed by atoms with van der Waals surface area (Å²) >= 11 is 5.22. The Morgan fingerprint density at radius 3 is 2.86 bits per heavy atom. The fourth-order valence-electron chi connectivity index (χ4n) is 1.20. The molecular formula is C9H15BrN2OS. The average Bonchev–Trinajstić information content (AvgIpc) is 2.59. The largest absolute Gasteiger partial charge is 0.380 e. The van der Waals surface area contributed by atoms with Gasteiger partial charge in [-0.1, -0.05) is 0 Å². The molecule has 1 rings (SSSR count). The van der Waals surface area contributed by atoms with Crippen molar-refractivity contribution in [2.75, 3.05) is 7.11 Å². The number of methoxy groups -OCH3 is 1. The molecule has 1 aromatic rings. The number of hydrogen-bond donors (Lipinski definition) is 2. The van der Waals surface area contributed by atoms with Crippen LogP contribution in [0, 0.1) is 0 Å². The Balaban J connectivity index is 2.61. The van der Waals surface area contributed by atoms with E-state index in [0.29, 0.717) is 0 Å². The van der Waals surface area contributed by atoms with Gasteiger partial charge in [-0.2, -0.15) is 0 Å². The summed E-state index contributed by atoms with van der Waals surface area (Å²) in [6.07, 6.45) is 0.984. The predicted octanol–water partition coefficient (Wildman–Crippen LogP) is 1.92. The Labute approximate surface area is 96.7 Å². The van der Waals surface area contributed by atoms with Crippen LogP contribution in [0.25, 0.3) is 0 Å². The smallest absolute Gasteiger partial charge is 0.0713 e. The number of ether oxygens (including phenoxy) is 1. The van der Waals surface area contributed by atoms with Crippen molar-refractivity contribution >= 4 is 27.3 Å². The molecule has 3 nitrogen and oxygen atoms in total. The van der Waals surface area contributed by atoms with Gasteiger partial charge in [-0.25, -0.2) is 0 Å². The maximum atomic E-state index is 5.48. The van der Waals surface area contributed by atoms with E-state index < -0.39 is 0 Å². The molecule has 0 aromatic carbocycles. The zero-order valence-corrected chi connectivity index (χ0v) is 10.7. The van der Waals surface area contributed by atoms with Gasteiger partial charge < -0.3 is 4.74 Å². The first kappa shape index (κ1) is 12.1. The number of rotatable bonds is 5.